The predicted molar refractivity (Wildman–Crippen MR) is 99.1 cm³/mol. The maximum atomic E-state index is 13.9. The molecule has 0 spiro atoms. The average Bonchev–Trinajstić information content (AvgIpc) is 3.25. The molecule has 11 heteroatoms. The van der Waals surface area contributed by atoms with Crippen LogP contribution in [0.2, 0.25) is 5.02 Å². The minimum atomic E-state index is -1.21. The zero-order chi connectivity index (χ0) is 19.9. The summed E-state index contributed by atoms with van der Waals surface area (Å²) in [7, 11) is 0. The molecular weight excluding hydrogens is 425 g/mol. The molecule has 1 aliphatic carbocycles. The number of amides is 2. The Morgan fingerprint density at radius 3 is 2.56 bits per heavy atom. The first-order valence-electron chi connectivity index (χ1n) is 7.49. The third-order valence-corrected chi connectivity index (χ3v) is 5.03. The first-order valence-corrected chi connectivity index (χ1v) is 8.62. The molecular formula is C16H11Cl3F2N4O2. The Hall–Kier alpha value is -2.16. The number of alkyl halides is 2. The normalized spacial score (nSPS) is 17.3. The number of hydrogen-bond acceptors (Lipinski definition) is 4. The molecule has 1 heterocycles. The standard InChI is InChI=1S/C16H11Cl3F2N4O2/c17-9-2-1-6(24-15(27)8-4-16(8,18)19)3-7(9)14(26)25-13-11(21)12(22)10(20)5-23-13/h1-3,5,8H,4H2,(H,24,27)(H3,22,23,25,26). The second-order valence-electron chi connectivity index (χ2n) is 5.84. The molecule has 0 saturated heterocycles. The van der Waals surface area contributed by atoms with Gasteiger partial charge in [-0.25, -0.2) is 13.8 Å². The van der Waals surface area contributed by atoms with Crippen molar-refractivity contribution in [1.29, 1.82) is 0 Å². The molecule has 27 heavy (non-hydrogen) atoms. The number of halogens is 5. The van der Waals surface area contributed by atoms with Crippen molar-refractivity contribution in [2.75, 3.05) is 16.4 Å². The molecule has 1 atom stereocenters. The van der Waals surface area contributed by atoms with Crippen LogP contribution < -0.4 is 16.4 Å². The lowest BCUT2D eigenvalue weighted by Gasteiger charge is -2.11. The summed E-state index contributed by atoms with van der Waals surface area (Å²) in [5, 5.41) is 4.76. The number of nitrogens with two attached hydrogens (primary N) is 1. The number of aromatic nitrogens is 1. The first kappa shape index (κ1) is 19.6. The van der Waals surface area contributed by atoms with Gasteiger partial charge in [0.2, 0.25) is 5.91 Å². The molecule has 3 rings (SSSR count). The van der Waals surface area contributed by atoms with Gasteiger partial charge < -0.3 is 16.4 Å². The maximum absolute atomic E-state index is 13.9. The number of rotatable bonds is 4. The van der Waals surface area contributed by atoms with E-state index in [0.717, 1.165) is 0 Å². The number of carbonyl (C=O) groups excluding carboxylic acids is 2. The zero-order valence-corrected chi connectivity index (χ0v) is 15.6. The monoisotopic (exact) mass is 434 g/mol. The molecule has 6 nitrogen and oxygen atoms in total. The van der Waals surface area contributed by atoms with Crippen LogP contribution in [-0.2, 0) is 4.79 Å². The van der Waals surface area contributed by atoms with E-state index in [1.54, 1.807) is 0 Å². The summed E-state index contributed by atoms with van der Waals surface area (Å²) in [6, 6.07) is 4.13. The van der Waals surface area contributed by atoms with Crippen molar-refractivity contribution in [2.24, 2.45) is 5.92 Å². The Kier molecular flexibility index (Phi) is 5.16. The van der Waals surface area contributed by atoms with Crippen LogP contribution in [0.3, 0.4) is 0 Å². The van der Waals surface area contributed by atoms with Gasteiger partial charge in [-0.15, -0.1) is 23.2 Å². The van der Waals surface area contributed by atoms with Crippen LogP contribution >= 0.6 is 34.8 Å². The van der Waals surface area contributed by atoms with Crippen LogP contribution in [0.5, 0.6) is 0 Å². The topological polar surface area (TPSA) is 97.1 Å². The SMILES string of the molecule is Nc1c(F)cnc(NC(=O)c2cc(NC(=O)C3CC3(Cl)Cl)ccc2Cl)c1F. The Balaban J connectivity index is 1.79. The molecule has 0 radical (unpaired) electrons. The number of carbonyl (C=O) groups is 2. The highest BCUT2D eigenvalue weighted by molar-refractivity contribution is 6.52. The first-order chi connectivity index (χ1) is 12.6. The summed E-state index contributed by atoms with van der Waals surface area (Å²) in [6.45, 7) is 0. The van der Waals surface area contributed by atoms with E-state index in [4.69, 9.17) is 40.5 Å². The van der Waals surface area contributed by atoms with E-state index >= 15 is 0 Å². The van der Waals surface area contributed by atoms with E-state index in [-0.39, 0.29) is 16.3 Å². The van der Waals surface area contributed by atoms with Gasteiger partial charge in [0.05, 0.1) is 22.7 Å². The Labute approximate surface area is 167 Å². The molecule has 2 aromatic rings. The minimum absolute atomic E-state index is 0.0384. The fraction of sp³-hybridized carbons (Fsp3) is 0.188. The van der Waals surface area contributed by atoms with Crippen molar-refractivity contribution in [3.05, 3.63) is 46.6 Å². The molecule has 1 aromatic heterocycles. The average molecular weight is 436 g/mol. The maximum Gasteiger partial charge on any atom is 0.258 e. The Morgan fingerprint density at radius 1 is 1.26 bits per heavy atom. The van der Waals surface area contributed by atoms with Crippen LogP contribution in [0.1, 0.15) is 16.8 Å². The lowest BCUT2D eigenvalue weighted by atomic mass is 10.1. The number of nitrogen functional groups attached to an aromatic ring is 1. The summed E-state index contributed by atoms with van der Waals surface area (Å²) in [5.74, 6) is -4.62. The van der Waals surface area contributed by atoms with Gasteiger partial charge in [-0.3, -0.25) is 9.59 Å². The van der Waals surface area contributed by atoms with Gasteiger partial charge in [0.25, 0.3) is 5.91 Å². The molecule has 1 aliphatic rings. The van der Waals surface area contributed by atoms with Gasteiger partial charge in [0.1, 0.15) is 10.0 Å². The van der Waals surface area contributed by atoms with Crippen LogP contribution in [0.15, 0.2) is 24.4 Å². The Morgan fingerprint density at radius 2 is 1.93 bits per heavy atom. The van der Waals surface area contributed by atoms with Gasteiger partial charge in [0.15, 0.2) is 17.5 Å². The van der Waals surface area contributed by atoms with Crippen LogP contribution in [0.4, 0.5) is 26.0 Å². The molecule has 142 valence electrons. The lowest BCUT2D eigenvalue weighted by molar-refractivity contribution is -0.117. The Bertz CT molecular complexity index is 956. The van der Waals surface area contributed by atoms with Gasteiger partial charge >= 0.3 is 0 Å². The fourth-order valence-electron chi connectivity index (χ4n) is 2.25. The van der Waals surface area contributed by atoms with Crippen LogP contribution in [0, 0.1) is 17.6 Å². The molecule has 1 aromatic carbocycles. The molecule has 0 bridgehead atoms. The highest BCUT2D eigenvalue weighted by Gasteiger charge is 2.56. The van der Waals surface area contributed by atoms with Gasteiger partial charge in [0, 0.05) is 5.69 Å². The van der Waals surface area contributed by atoms with E-state index in [1.165, 1.54) is 18.2 Å². The second kappa shape index (κ2) is 7.10. The number of pyridine rings is 1. The largest absolute Gasteiger partial charge is 0.394 e. The van der Waals surface area contributed by atoms with Crippen molar-refractivity contribution in [1.82, 2.24) is 4.98 Å². The molecule has 1 saturated carbocycles. The molecule has 0 aliphatic heterocycles. The van der Waals surface area contributed by atoms with E-state index in [1.807, 2.05) is 0 Å². The number of nitrogens with zero attached hydrogens (tertiary/aromatic N) is 1. The number of benzene rings is 1. The minimum Gasteiger partial charge on any atom is -0.394 e. The molecule has 1 unspecified atom stereocenters. The van der Waals surface area contributed by atoms with Gasteiger partial charge in [-0.05, 0) is 24.6 Å². The molecule has 1 fully saturated rings. The van der Waals surface area contributed by atoms with Crippen LogP contribution in [-0.4, -0.2) is 21.1 Å². The molecule has 2 amide bonds. The number of anilines is 3. The fourth-order valence-corrected chi connectivity index (χ4v) is 2.96. The van der Waals surface area contributed by atoms with E-state index in [2.05, 4.69) is 15.6 Å². The highest BCUT2D eigenvalue weighted by atomic mass is 35.5. The smallest absolute Gasteiger partial charge is 0.258 e. The second-order valence-corrected chi connectivity index (χ2v) is 7.79. The highest BCUT2D eigenvalue weighted by Crippen LogP contribution is 2.53. The van der Waals surface area contributed by atoms with E-state index < -0.39 is 45.2 Å². The van der Waals surface area contributed by atoms with Crippen molar-refractivity contribution in [3.63, 3.8) is 0 Å². The zero-order valence-electron chi connectivity index (χ0n) is 13.3. The van der Waals surface area contributed by atoms with Crippen molar-refractivity contribution in [3.8, 4) is 0 Å². The van der Waals surface area contributed by atoms with Crippen LogP contribution in [0.25, 0.3) is 0 Å². The summed E-state index contributed by atoms with van der Waals surface area (Å²) in [6.07, 6.45) is 0.992. The van der Waals surface area contributed by atoms with E-state index in [9.17, 15) is 18.4 Å². The van der Waals surface area contributed by atoms with Gasteiger partial charge in [-0.1, -0.05) is 11.6 Å². The van der Waals surface area contributed by atoms with Crippen molar-refractivity contribution >= 4 is 63.8 Å². The summed E-state index contributed by atoms with van der Waals surface area (Å²) >= 11 is 17.7. The third-order valence-electron chi connectivity index (χ3n) is 3.86. The van der Waals surface area contributed by atoms with Crippen molar-refractivity contribution in [2.45, 2.75) is 10.8 Å². The molecule has 4 N–H and O–H groups in total. The third kappa shape index (κ3) is 4.07. The summed E-state index contributed by atoms with van der Waals surface area (Å²) < 4.78 is 26.0. The predicted octanol–water partition coefficient (Wildman–Crippen LogP) is 3.98. The number of hydrogen-bond donors (Lipinski definition) is 3. The summed E-state index contributed by atoms with van der Waals surface area (Å²) in [4.78, 5) is 27.9. The quantitative estimate of drug-likeness (QED) is 0.633. The van der Waals surface area contributed by atoms with Gasteiger partial charge in [-0.2, -0.15) is 0 Å². The summed E-state index contributed by atoms with van der Waals surface area (Å²) in [5.41, 5.74) is 4.64. The van der Waals surface area contributed by atoms with E-state index in [0.29, 0.717) is 12.6 Å². The van der Waals surface area contributed by atoms with Crippen molar-refractivity contribution < 1.29 is 18.4 Å². The lowest BCUT2D eigenvalue weighted by Crippen LogP contribution is -2.19. The number of nitrogens with one attached hydrogen (secondary N) is 2.